The number of hydrogen-bond donors (Lipinski definition) is 2. The van der Waals surface area contributed by atoms with Crippen LogP contribution in [0.5, 0.6) is 0 Å². The Bertz CT molecular complexity index is 591. The molecular formula is C14H17N5O. The number of pyridine rings is 1. The van der Waals surface area contributed by atoms with E-state index in [4.69, 9.17) is 0 Å². The van der Waals surface area contributed by atoms with Gasteiger partial charge in [-0.15, -0.1) is 0 Å². The third-order valence-electron chi connectivity index (χ3n) is 3.44. The lowest BCUT2D eigenvalue weighted by Crippen LogP contribution is -2.37. The largest absolute Gasteiger partial charge is 0.335 e. The molecule has 0 aliphatic heterocycles. The molecule has 1 atom stereocenters. The molecular weight excluding hydrogens is 254 g/mol. The predicted molar refractivity (Wildman–Crippen MR) is 75.7 cm³/mol. The average Bonchev–Trinajstić information content (AvgIpc) is 3.15. The van der Waals surface area contributed by atoms with Crippen molar-refractivity contribution >= 4 is 11.7 Å². The van der Waals surface area contributed by atoms with Crippen molar-refractivity contribution in [2.24, 2.45) is 5.92 Å². The summed E-state index contributed by atoms with van der Waals surface area (Å²) in [5.74, 6) is 1.23. The SMILES string of the molecule is C[C@@H](NC(=O)Nc1cccnc1-n1cccn1)C1CC1. The maximum atomic E-state index is 12.0. The van der Waals surface area contributed by atoms with E-state index in [9.17, 15) is 4.79 Å². The van der Waals surface area contributed by atoms with Crippen molar-refractivity contribution in [2.45, 2.75) is 25.8 Å². The molecule has 0 saturated heterocycles. The topological polar surface area (TPSA) is 71.8 Å². The van der Waals surface area contributed by atoms with Gasteiger partial charge in [-0.25, -0.2) is 14.5 Å². The summed E-state index contributed by atoms with van der Waals surface area (Å²) in [6, 6.07) is 5.41. The number of urea groups is 1. The summed E-state index contributed by atoms with van der Waals surface area (Å²) in [7, 11) is 0. The fraction of sp³-hybridized carbons (Fsp3) is 0.357. The molecule has 1 aliphatic carbocycles. The highest BCUT2D eigenvalue weighted by Crippen LogP contribution is 2.32. The van der Waals surface area contributed by atoms with E-state index in [0.717, 1.165) is 0 Å². The van der Waals surface area contributed by atoms with Crippen LogP contribution in [0.1, 0.15) is 19.8 Å². The molecule has 1 fully saturated rings. The smallest absolute Gasteiger partial charge is 0.319 e. The zero-order valence-corrected chi connectivity index (χ0v) is 11.3. The van der Waals surface area contributed by atoms with Crippen molar-refractivity contribution in [3.63, 3.8) is 0 Å². The summed E-state index contributed by atoms with van der Waals surface area (Å²) in [6.07, 6.45) is 7.54. The minimum Gasteiger partial charge on any atom is -0.335 e. The summed E-state index contributed by atoms with van der Waals surface area (Å²) in [5, 5.41) is 9.93. The quantitative estimate of drug-likeness (QED) is 0.895. The van der Waals surface area contributed by atoms with Crippen molar-refractivity contribution < 1.29 is 4.79 Å². The minimum atomic E-state index is -0.203. The van der Waals surface area contributed by atoms with E-state index in [-0.39, 0.29) is 12.1 Å². The number of aromatic nitrogens is 3. The number of anilines is 1. The summed E-state index contributed by atoms with van der Waals surface area (Å²) < 4.78 is 1.62. The highest BCUT2D eigenvalue weighted by molar-refractivity contribution is 5.91. The van der Waals surface area contributed by atoms with Gasteiger partial charge in [0.15, 0.2) is 5.82 Å². The molecule has 0 spiro atoms. The Kier molecular flexibility index (Phi) is 3.37. The molecule has 2 aromatic rings. The van der Waals surface area contributed by atoms with Gasteiger partial charge in [0, 0.05) is 24.6 Å². The lowest BCUT2D eigenvalue weighted by Gasteiger charge is -2.15. The molecule has 0 bridgehead atoms. The number of hydrogen-bond acceptors (Lipinski definition) is 3. The van der Waals surface area contributed by atoms with E-state index < -0.39 is 0 Å². The van der Waals surface area contributed by atoms with Crippen LogP contribution in [0.25, 0.3) is 5.82 Å². The monoisotopic (exact) mass is 271 g/mol. The maximum absolute atomic E-state index is 12.0. The molecule has 2 amide bonds. The highest BCUT2D eigenvalue weighted by Gasteiger charge is 2.28. The van der Waals surface area contributed by atoms with Crippen LogP contribution in [0, 0.1) is 5.92 Å². The predicted octanol–water partition coefficient (Wildman–Crippen LogP) is 2.19. The summed E-state index contributed by atoms with van der Waals surface area (Å²) in [4.78, 5) is 16.3. The molecule has 20 heavy (non-hydrogen) atoms. The first-order valence-corrected chi connectivity index (χ1v) is 6.76. The first-order chi connectivity index (χ1) is 9.74. The van der Waals surface area contributed by atoms with Crippen molar-refractivity contribution in [3.8, 4) is 5.82 Å². The fourth-order valence-electron chi connectivity index (χ4n) is 2.15. The van der Waals surface area contributed by atoms with Crippen LogP contribution < -0.4 is 10.6 Å². The van der Waals surface area contributed by atoms with Gasteiger partial charge in [-0.1, -0.05) is 0 Å². The van der Waals surface area contributed by atoms with E-state index in [1.54, 1.807) is 29.3 Å². The van der Waals surface area contributed by atoms with Crippen LogP contribution in [0.3, 0.4) is 0 Å². The Morgan fingerprint density at radius 1 is 1.40 bits per heavy atom. The first kappa shape index (κ1) is 12.7. The van der Waals surface area contributed by atoms with Gasteiger partial charge in [0.05, 0.1) is 5.69 Å². The molecule has 2 aromatic heterocycles. The Labute approximate surface area is 117 Å². The van der Waals surface area contributed by atoms with Crippen molar-refractivity contribution in [1.82, 2.24) is 20.1 Å². The number of carbonyl (C=O) groups is 1. The fourth-order valence-corrected chi connectivity index (χ4v) is 2.15. The number of rotatable bonds is 4. The summed E-state index contributed by atoms with van der Waals surface area (Å²) in [5.41, 5.74) is 0.636. The minimum absolute atomic E-state index is 0.203. The molecule has 1 aliphatic rings. The molecule has 6 heteroatoms. The molecule has 2 heterocycles. The van der Waals surface area contributed by atoms with Crippen LogP contribution in [0.4, 0.5) is 10.5 Å². The number of nitrogens with zero attached hydrogens (tertiary/aromatic N) is 3. The van der Waals surface area contributed by atoms with Gasteiger partial charge >= 0.3 is 6.03 Å². The zero-order valence-electron chi connectivity index (χ0n) is 11.3. The molecule has 0 radical (unpaired) electrons. The molecule has 0 aromatic carbocycles. The Morgan fingerprint density at radius 3 is 2.95 bits per heavy atom. The second kappa shape index (κ2) is 5.32. The van der Waals surface area contributed by atoms with Crippen LogP contribution in [-0.4, -0.2) is 26.8 Å². The molecule has 104 valence electrons. The van der Waals surface area contributed by atoms with Gasteiger partial charge in [-0.2, -0.15) is 5.10 Å². The number of carbonyl (C=O) groups excluding carboxylic acids is 1. The lowest BCUT2D eigenvalue weighted by atomic mass is 10.2. The van der Waals surface area contributed by atoms with Gasteiger partial charge in [0.2, 0.25) is 0 Å². The van der Waals surface area contributed by atoms with E-state index in [1.165, 1.54) is 12.8 Å². The Balaban J connectivity index is 1.72. The average molecular weight is 271 g/mol. The number of nitrogens with one attached hydrogen (secondary N) is 2. The third kappa shape index (κ3) is 2.79. The van der Waals surface area contributed by atoms with E-state index in [0.29, 0.717) is 17.4 Å². The summed E-state index contributed by atoms with van der Waals surface area (Å²) in [6.45, 7) is 2.04. The van der Waals surface area contributed by atoms with Crippen LogP contribution >= 0.6 is 0 Å². The molecule has 6 nitrogen and oxygen atoms in total. The Hall–Kier alpha value is -2.37. The molecule has 2 N–H and O–H groups in total. The molecule has 1 saturated carbocycles. The van der Waals surface area contributed by atoms with Crippen LogP contribution in [0.15, 0.2) is 36.8 Å². The molecule has 3 rings (SSSR count). The van der Waals surface area contributed by atoms with E-state index >= 15 is 0 Å². The maximum Gasteiger partial charge on any atom is 0.319 e. The van der Waals surface area contributed by atoms with Gasteiger partial charge in [-0.05, 0) is 43.9 Å². The van der Waals surface area contributed by atoms with Crippen molar-refractivity contribution in [1.29, 1.82) is 0 Å². The van der Waals surface area contributed by atoms with Gasteiger partial charge in [0.1, 0.15) is 0 Å². The van der Waals surface area contributed by atoms with Gasteiger partial charge in [0.25, 0.3) is 0 Å². The third-order valence-corrected chi connectivity index (χ3v) is 3.44. The Morgan fingerprint density at radius 2 is 2.25 bits per heavy atom. The van der Waals surface area contributed by atoms with Crippen molar-refractivity contribution in [3.05, 3.63) is 36.8 Å². The van der Waals surface area contributed by atoms with Gasteiger partial charge < -0.3 is 10.6 Å². The zero-order chi connectivity index (χ0) is 13.9. The standard InChI is InChI=1S/C14H17N5O/c1-10(11-5-6-11)17-14(20)18-12-4-2-7-15-13(12)19-9-3-8-16-19/h2-4,7-11H,5-6H2,1H3,(H2,17,18,20)/t10-/m1/s1. The van der Waals surface area contributed by atoms with Crippen molar-refractivity contribution in [2.75, 3.05) is 5.32 Å². The van der Waals surface area contributed by atoms with E-state index in [2.05, 4.69) is 20.7 Å². The summed E-state index contributed by atoms with van der Waals surface area (Å²) >= 11 is 0. The normalized spacial score (nSPS) is 15.7. The lowest BCUT2D eigenvalue weighted by molar-refractivity contribution is 0.248. The van der Waals surface area contributed by atoms with E-state index in [1.807, 2.05) is 19.1 Å². The van der Waals surface area contributed by atoms with Crippen LogP contribution in [0.2, 0.25) is 0 Å². The first-order valence-electron chi connectivity index (χ1n) is 6.76. The van der Waals surface area contributed by atoms with Crippen LogP contribution in [-0.2, 0) is 0 Å². The second-order valence-electron chi connectivity index (χ2n) is 5.05. The molecule has 0 unspecified atom stereocenters. The second-order valence-corrected chi connectivity index (χ2v) is 5.05. The number of amides is 2. The highest BCUT2D eigenvalue weighted by atomic mass is 16.2. The van der Waals surface area contributed by atoms with Gasteiger partial charge in [-0.3, -0.25) is 0 Å².